The molecule has 1 amide bonds. The molecule has 0 saturated heterocycles. The highest BCUT2D eigenvalue weighted by molar-refractivity contribution is 7.98. The van der Waals surface area contributed by atoms with E-state index >= 15 is 0 Å². The second-order valence-electron chi connectivity index (χ2n) is 5.78. The van der Waals surface area contributed by atoms with Crippen LogP contribution in [0.3, 0.4) is 0 Å². The van der Waals surface area contributed by atoms with Crippen molar-refractivity contribution in [3.05, 3.63) is 81.6 Å². The molecule has 0 aliphatic heterocycles. The average Bonchev–Trinajstić information content (AvgIpc) is 3.07. The number of rotatable bonds is 7. The Labute approximate surface area is 160 Å². The predicted molar refractivity (Wildman–Crippen MR) is 105 cm³/mol. The molecule has 3 aromatic rings. The van der Waals surface area contributed by atoms with Crippen molar-refractivity contribution >= 4 is 29.0 Å². The van der Waals surface area contributed by atoms with E-state index in [0.717, 1.165) is 26.9 Å². The van der Waals surface area contributed by atoms with E-state index < -0.39 is 0 Å². The minimum absolute atomic E-state index is 0.0929. The Morgan fingerprint density at radius 3 is 2.69 bits per heavy atom. The van der Waals surface area contributed by atoms with Gasteiger partial charge in [0.25, 0.3) is 5.91 Å². The monoisotopic (exact) mass is 386 g/mol. The van der Waals surface area contributed by atoms with Crippen LogP contribution >= 0.6 is 23.1 Å². The third kappa shape index (κ3) is 5.16. The van der Waals surface area contributed by atoms with E-state index in [-0.39, 0.29) is 11.7 Å². The maximum Gasteiger partial charge on any atom is 0.252 e. The van der Waals surface area contributed by atoms with E-state index in [1.165, 1.54) is 12.1 Å². The number of carbonyl (C=O) groups excluding carboxylic acids is 1. The highest BCUT2D eigenvalue weighted by atomic mass is 32.2. The lowest BCUT2D eigenvalue weighted by atomic mass is 10.1. The third-order valence-electron chi connectivity index (χ3n) is 3.79. The molecular formula is C20H19FN2OS2. The quantitative estimate of drug-likeness (QED) is 0.590. The summed E-state index contributed by atoms with van der Waals surface area (Å²) in [7, 11) is 0. The Morgan fingerprint density at radius 1 is 1.19 bits per heavy atom. The minimum Gasteiger partial charge on any atom is -0.352 e. The van der Waals surface area contributed by atoms with Crippen LogP contribution in [0.15, 0.2) is 58.8 Å². The highest BCUT2D eigenvalue weighted by Crippen LogP contribution is 2.26. The van der Waals surface area contributed by atoms with Gasteiger partial charge in [0.05, 0.1) is 16.3 Å². The van der Waals surface area contributed by atoms with Crippen LogP contribution in [0.1, 0.15) is 26.6 Å². The molecule has 0 aliphatic rings. The molecule has 0 saturated carbocycles. The summed E-state index contributed by atoms with van der Waals surface area (Å²) in [5, 5.41) is 6.04. The van der Waals surface area contributed by atoms with Gasteiger partial charge in [0.15, 0.2) is 0 Å². The van der Waals surface area contributed by atoms with Crippen molar-refractivity contribution in [2.24, 2.45) is 0 Å². The summed E-state index contributed by atoms with van der Waals surface area (Å²) in [5.41, 5.74) is 2.70. The van der Waals surface area contributed by atoms with Gasteiger partial charge in [-0.3, -0.25) is 4.79 Å². The molecule has 3 nitrogen and oxygen atoms in total. The van der Waals surface area contributed by atoms with Crippen molar-refractivity contribution in [2.75, 3.05) is 6.54 Å². The average molecular weight is 387 g/mol. The molecule has 0 unspecified atom stereocenters. The van der Waals surface area contributed by atoms with Crippen LogP contribution in [-0.2, 0) is 12.2 Å². The van der Waals surface area contributed by atoms with Crippen LogP contribution in [0.4, 0.5) is 4.39 Å². The molecule has 0 bridgehead atoms. The van der Waals surface area contributed by atoms with Gasteiger partial charge in [0, 0.05) is 22.6 Å². The number of aromatic nitrogens is 1. The summed E-state index contributed by atoms with van der Waals surface area (Å²) in [4.78, 5) is 17.9. The second-order valence-corrected chi connectivity index (χ2v) is 7.85. The number of nitrogens with one attached hydrogen (secondary N) is 1. The first kappa shape index (κ1) is 18.6. The van der Waals surface area contributed by atoms with E-state index in [4.69, 9.17) is 0 Å². The Bertz CT molecular complexity index is 878. The molecule has 0 radical (unpaired) electrons. The van der Waals surface area contributed by atoms with Gasteiger partial charge in [-0.05, 0) is 43.2 Å². The molecule has 1 aromatic heterocycles. The second kappa shape index (κ2) is 8.96. The molecule has 134 valence electrons. The lowest BCUT2D eigenvalue weighted by molar-refractivity contribution is 0.0951. The summed E-state index contributed by atoms with van der Waals surface area (Å²) in [6.07, 6.45) is 0.666. The van der Waals surface area contributed by atoms with Crippen molar-refractivity contribution < 1.29 is 9.18 Å². The lowest BCUT2D eigenvalue weighted by Gasteiger charge is -2.09. The number of hydrogen-bond acceptors (Lipinski definition) is 4. The zero-order chi connectivity index (χ0) is 18.4. The van der Waals surface area contributed by atoms with Crippen molar-refractivity contribution in [3.8, 4) is 0 Å². The number of halogens is 1. The van der Waals surface area contributed by atoms with Crippen LogP contribution in [0, 0.1) is 12.7 Å². The number of thiazole rings is 1. The Kier molecular flexibility index (Phi) is 6.41. The van der Waals surface area contributed by atoms with Gasteiger partial charge in [0.1, 0.15) is 5.82 Å². The summed E-state index contributed by atoms with van der Waals surface area (Å²) in [6.45, 7) is 2.50. The summed E-state index contributed by atoms with van der Waals surface area (Å²) < 4.78 is 12.9. The van der Waals surface area contributed by atoms with Crippen molar-refractivity contribution in [2.45, 2.75) is 24.0 Å². The Hall–Kier alpha value is -2.18. The maximum atomic E-state index is 12.9. The summed E-state index contributed by atoms with van der Waals surface area (Å²) in [5.74, 6) is 0.397. The SMILES string of the molecule is Cc1nc(CSc2ccccc2C(=O)NCCc2ccc(F)cc2)cs1. The molecule has 0 spiro atoms. The van der Waals surface area contributed by atoms with Gasteiger partial charge < -0.3 is 5.32 Å². The fourth-order valence-corrected chi connectivity index (χ4v) is 4.13. The molecule has 26 heavy (non-hydrogen) atoms. The van der Waals surface area contributed by atoms with Crippen LogP contribution in [0.25, 0.3) is 0 Å². The van der Waals surface area contributed by atoms with Crippen LogP contribution in [0.5, 0.6) is 0 Å². The van der Waals surface area contributed by atoms with Gasteiger partial charge in [-0.15, -0.1) is 23.1 Å². The number of carbonyl (C=O) groups is 1. The topological polar surface area (TPSA) is 42.0 Å². The van der Waals surface area contributed by atoms with Crippen LogP contribution < -0.4 is 5.32 Å². The first-order valence-electron chi connectivity index (χ1n) is 8.27. The van der Waals surface area contributed by atoms with E-state index in [1.807, 2.05) is 36.6 Å². The standard InChI is InChI=1S/C20H19FN2OS2/c1-14-23-17(12-25-14)13-26-19-5-3-2-4-18(19)20(24)22-11-10-15-6-8-16(21)9-7-15/h2-9,12H,10-11,13H2,1H3,(H,22,24). The number of thioether (sulfide) groups is 1. The van der Waals surface area contributed by atoms with Gasteiger partial charge in [-0.2, -0.15) is 0 Å². The molecule has 1 N–H and O–H groups in total. The zero-order valence-electron chi connectivity index (χ0n) is 14.4. The zero-order valence-corrected chi connectivity index (χ0v) is 16.0. The van der Waals surface area contributed by atoms with Crippen molar-refractivity contribution in [1.82, 2.24) is 10.3 Å². The van der Waals surface area contributed by atoms with E-state index in [2.05, 4.69) is 10.3 Å². The summed E-state index contributed by atoms with van der Waals surface area (Å²) >= 11 is 3.25. The van der Waals surface area contributed by atoms with Gasteiger partial charge in [-0.25, -0.2) is 9.37 Å². The molecule has 0 aliphatic carbocycles. The third-order valence-corrected chi connectivity index (χ3v) is 5.72. The van der Waals surface area contributed by atoms with E-state index in [1.54, 1.807) is 35.2 Å². The minimum atomic E-state index is -0.251. The molecule has 2 aromatic carbocycles. The molecule has 6 heteroatoms. The molecule has 3 rings (SSSR count). The van der Waals surface area contributed by atoms with Gasteiger partial charge in [-0.1, -0.05) is 24.3 Å². The number of hydrogen-bond donors (Lipinski definition) is 1. The number of aryl methyl sites for hydroxylation is 1. The molecule has 0 atom stereocenters. The van der Waals surface area contributed by atoms with Crippen molar-refractivity contribution in [3.63, 3.8) is 0 Å². The van der Waals surface area contributed by atoms with Crippen LogP contribution in [0.2, 0.25) is 0 Å². The highest BCUT2D eigenvalue weighted by Gasteiger charge is 2.11. The summed E-state index contributed by atoms with van der Waals surface area (Å²) in [6, 6.07) is 13.9. The Morgan fingerprint density at radius 2 is 1.96 bits per heavy atom. The van der Waals surface area contributed by atoms with E-state index in [0.29, 0.717) is 18.5 Å². The smallest absolute Gasteiger partial charge is 0.252 e. The largest absolute Gasteiger partial charge is 0.352 e. The number of amides is 1. The normalized spacial score (nSPS) is 10.7. The predicted octanol–water partition coefficient (Wildman–Crippen LogP) is 4.86. The van der Waals surface area contributed by atoms with Crippen LogP contribution in [-0.4, -0.2) is 17.4 Å². The maximum absolute atomic E-state index is 12.9. The fourth-order valence-electron chi connectivity index (χ4n) is 2.47. The van der Waals surface area contributed by atoms with Gasteiger partial charge >= 0.3 is 0 Å². The molecule has 0 fully saturated rings. The molecule has 1 heterocycles. The molecular weight excluding hydrogens is 367 g/mol. The number of benzene rings is 2. The fraction of sp³-hybridized carbons (Fsp3) is 0.200. The first-order valence-corrected chi connectivity index (χ1v) is 10.1. The van der Waals surface area contributed by atoms with E-state index in [9.17, 15) is 9.18 Å². The lowest BCUT2D eigenvalue weighted by Crippen LogP contribution is -2.26. The number of nitrogens with zero attached hydrogens (tertiary/aromatic N) is 1. The van der Waals surface area contributed by atoms with Crippen molar-refractivity contribution in [1.29, 1.82) is 0 Å². The first-order chi connectivity index (χ1) is 12.6. The van der Waals surface area contributed by atoms with Gasteiger partial charge in [0.2, 0.25) is 0 Å². The Balaban J connectivity index is 1.57.